The molecule has 8 heteroatoms. The van der Waals surface area contributed by atoms with E-state index in [2.05, 4.69) is 10.0 Å². The smallest absolute Gasteiger partial charge is 0.410 e. The van der Waals surface area contributed by atoms with Gasteiger partial charge in [-0.3, -0.25) is 4.90 Å². The molecule has 2 aliphatic rings. The van der Waals surface area contributed by atoms with Gasteiger partial charge in [0.2, 0.25) is 0 Å². The van der Waals surface area contributed by atoms with Gasteiger partial charge in [0.15, 0.2) is 0 Å². The number of azide groups is 1. The van der Waals surface area contributed by atoms with Crippen molar-refractivity contribution in [2.45, 2.75) is 30.9 Å². The predicted molar refractivity (Wildman–Crippen MR) is 75.8 cm³/mol. The van der Waals surface area contributed by atoms with Crippen molar-refractivity contribution in [1.29, 1.82) is 0 Å². The van der Waals surface area contributed by atoms with Crippen LogP contribution in [0.1, 0.15) is 5.56 Å². The third kappa shape index (κ3) is 2.71. The second-order valence-corrected chi connectivity index (χ2v) is 5.32. The van der Waals surface area contributed by atoms with Crippen LogP contribution >= 0.6 is 0 Å². The molecule has 0 aliphatic carbocycles. The largest absolute Gasteiger partial charge is 0.445 e. The third-order valence-electron chi connectivity index (χ3n) is 3.95. The molecule has 3 rings (SSSR count). The zero-order valence-corrected chi connectivity index (χ0v) is 11.8. The number of benzene rings is 1. The van der Waals surface area contributed by atoms with Crippen molar-refractivity contribution in [1.82, 2.24) is 4.90 Å². The Morgan fingerprint density at radius 2 is 2.27 bits per heavy atom. The summed E-state index contributed by atoms with van der Waals surface area (Å²) in [4.78, 5) is 16.4. The minimum absolute atomic E-state index is 0.120. The first kappa shape index (κ1) is 14.6. The highest BCUT2D eigenvalue weighted by atomic mass is 16.6. The van der Waals surface area contributed by atoms with Crippen LogP contribution in [0, 0.1) is 0 Å². The van der Waals surface area contributed by atoms with Crippen LogP contribution in [0.15, 0.2) is 35.4 Å². The summed E-state index contributed by atoms with van der Waals surface area (Å²) >= 11 is 0. The Morgan fingerprint density at radius 3 is 3.00 bits per heavy atom. The summed E-state index contributed by atoms with van der Waals surface area (Å²) in [5.41, 5.74) is 9.47. The lowest BCUT2D eigenvalue weighted by Gasteiger charge is -2.24. The molecule has 0 radical (unpaired) electrons. The van der Waals surface area contributed by atoms with Crippen LogP contribution < -0.4 is 0 Å². The van der Waals surface area contributed by atoms with Crippen LogP contribution in [0.5, 0.6) is 0 Å². The van der Waals surface area contributed by atoms with Gasteiger partial charge < -0.3 is 14.6 Å². The van der Waals surface area contributed by atoms with E-state index in [0.717, 1.165) is 5.56 Å². The highest BCUT2D eigenvalue weighted by Gasteiger charge is 2.52. The number of nitrogens with zero attached hydrogens (tertiary/aromatic N) is 4. The SMILES string of the molecule is [N-]=[N+]=N[C@H]1CN(C(=O)OCc2ccccc2)[C@H]2[C@@H]1OC[C@@H]2O. The Balaban J connectivity index is 1.67. The van der Waals surface area contributed by atoms with Gasteiger partial charge in [-0.25, -0.2) is 4.79 Å². The van der Waals surface area contributed by atoms with Gasteiger partial charge in [-0.15, -0.1) is 0 Å². The summed E-state index contributed by atoms with van der Waals surface area (Å²) in [7, 11) is 0. The Kier molecular flexibility index (Phi) is 4.15. The van der Waals surface area contributed by atoms with E-state index in [9.17, 15) is 9.90 Å². The first-order valence-corrected chi connectivity index (χ1v) is 7.02. The first-order chi connectivity index (χ1) is 10.7. The lowest BCUT2D eigenvalue weighted by Crippen LogP contribution is -2.44. The van der Waals surface area contributed by atoms with Crippen LogP contribution in [-0.2, 0) is 16.1 Å². The van der Waals surface area contributed by atoms with Gasteiger partial charge in [-0.2, -0.15) is 0 Å². The number of hydrogen-bond donors (Lipinski definition) is 1. The van der Waals surface area contributed by atoms with E-state index in [0.29, 0.717) is 0 Å². The van der Waals surface area contributed by atoms with E-state index in [1.54, 1.807) is 0 Å². The standard InChI is InChI=1S/C14H16N4O4/c15-17-16-10-6-18(12-11(19)8-21-13(10)12)14(20)22-7-9-4-2-1-3-5-9/h1-5,10-13,19H,6-8H2/t10-,11-,12+,13+/m0/s1. The molecule has 2 aliphatic heterocycles. The summed E-state index contributed by atoms with van der Waals surface area (Å²) in [6.07, 6.45) is -1.82. The minimum atomic E-state index is -0.798. The molecule has 22 heavy (non-hydrogen) atoms. The van der Waals surface area contributed by atoms with E-state index in [4.69, 9.17) is 15.0 Å². The maximum Gasteiger partial charge on any atom is 0.410 e. The van der Waals surface area contributed by atoms with Crippen molar-refractivity contribution in [3.05, 3.63) is 46.3 Å². The van der Waals surface area contributed by atoms with Crippen molar-refractivity contribution in [3.63, 3.8) is 0 Å². The van der Waals surface area contributed by atoms with Gasteiger partial charge >= 0.3 is 6.09 Å². The van der Waals surface area contributed by atoms with Crippen molar-refractivity contribution in [2.75, 3.05) is 13.2 Å². The van der Waals surface area contributed by atoms with Gasteiger partial charge in [0.25, 0.3) is 0 Å². The molecule has 1 amide bonds. The Hall–Kier alpha value is -2.28. The van der Waals surface area contributed by atoms with Crippen LogP contribution in [0.25, 0.3) is 10.4 Å². The number of ether oxygens (including phenoxy) is 2. The Labute approximate surface area is 126 Å². The number of hydrogen-bond acceptors (Lipinski definition) is 5. The van der Waals surface area contributed by atoms with Gasteiger partial charge in [0, 0.05) is 11.5 Å². The first-order valence-electron chi connectivity index (χ1n) is 7.02. The van der Waals surface area contributed by atoms with E-state index >= 15 is 0 Å². The van der Waals surface area contributed by atoms with Gasteiger partial charge in [-0.1, -0.05) is 35.4 Å². The average Bonchev–Trinajstić information content (AvgIpc) is 3.08. The van der Waals surface area contributed by atoms with E-state index in [1.165, 1.54) is 4.90 Å². The number of carbonyl (C=O) groups excluding carboxylic acids is 1. The van der Waals surface area contributed by atoms with E-state index in [1.807, 2.05) is 30.3 Å². The van der Waals surface area contributed by atoms with Crippen LogP contribution in [-0.4, -0.2) is 53.5 Å². The molecular formula is C14H16N4O4. The highest BCUT2D eigenvalue weighted by molar-refractivity contribution is 5.69. The number of aliphatic hydroxyl groups is 1. The van der Waals surface area contributed by atoms with Crippen LogP contribution in [0.4, 0.5) is 4.79 Å². The van der Waals surface area contributed by atoms with Crippen molar-refractivity contribution in [2.24, 2.45) is 5.11 Å². The molecule has 8 nitrogen and oxygen atoms in total. The molecule has 0 spiro atoms. The monoisotopic (exact) mass is 304 g/mol. The highest BCUT2D eigenvalue weighted by Crippen LogP contribution is 2.32. The fourth-order valence-electron chi connectivity index (χ4n) is 2.94. The summed E-state index contributed by atoms with van der Waals surface area (Å²) < 4.78 is 10.7. The predicted octanol–water partition coefficient (Wildman–Crippen LogP) is 1.45. The van der Waals surface area contributed by atoms with Gasteiger partial charge in [-0.05, 0) is 11.1 Å². The fourth-order valence-corrected chi connectivity index (χ4v) is 2.94. The molecular weight excluding hydrogens is 288 g/mol. The quantitative estimate of drug-likeness (QED) is 0.518. The van der Waals surface area contributed by atoms with Crippen molar-refractivity contribution >= 4 is 6.09 Å². The number of fused-ring (bicyclic) bond motifs is 1. The number of aliphatic hydroxyl groups excluding tert-OH is 1. The number of likely N-dealkylation sites (tertiary alicyclic amines) is 1. The normalized spacial score (nSPS) is 29.8. The summed E-state index contributed by atoms with van der Waals surface area (Å²) in [5.74, 6) is 0. The summed E-state index contributed by atoms with van der Waals surface area (Å²) in [6.45, 7) is 0.454. The molecule has 0 saturated carbocycles. The lowest BCUT2D eigenvalue weighted by atomic mass is 10.1. The maximum atomic E-state index is 12.3. The Bertz CT molecular complexity index is 590. The lowest BCUT2D eigenvalue weighted by molar-refractivity contribution is 0.0594. The molecule has 0 unspecified atom stereocenters. The van der Waals surface area contributed by atoms with Crippen molar-refractivity contribution in [3.8, 4) is 0 Å². The third-order valence-corrected chi connectivity index (χ3v) is 3.95. The summed E-state index contributed by atoms with van der Waals surface area (Å²) in [6, 6.07) is 8.29. The van der Waals surface area contributed by atoms with Crippen LogP contribution in [0.2, 0.25) is 0 Å². The second-order valence-electron chi connectivity index (χ2n) is 5.32. The molecule has 4 atom stereocenters. The van der Waals surface area contributed by atoms with Gasteiger partial charge in [0.1, 0.15) is 12.7 Å². The fraction of sp³-hybridized carbons (Fsp3) is 0.500. The minimum Gasteiger partial charge on any atom is -0.445 e. The topological polar surface area (TPSA) is 108 Å². The van der Waals surface area contributed by atoms with Gasteiger partial charge in [0.05, 0.1) is 24.8 Å². The summed E-state index contributed by atoms with van der Waals surface area (Å²) in [5, 5.41) is 13.6. The molecule has 0 aromatic heterocycles. The zero-order chi connectivity index (χ0) is 15.5. The zero-order valence-electron chi connectivity index (χ0n) is 11.8. The second kappa shape index (κ2) is 6.23. The Morgan fingerprint density at radius 1 is 1.50 bits per heavy atom. The van der Waals surface area contributed by atoms with Crippen LogP contribution in [0.3, 0.4) is 0 Å². The van der Waals surface area contributed by atoms with Crippen molar-refractivity contribution < 1.29 is 19.4 Å². The number of carbonyl (C=O) groups is 1. The maximum absolute atomic E-state index is 12.3. The molecule has 2 saturated heterocycles. The average molecular weight is 304 g/mol. The van der Waals surface area contributed by atoms with E-state index < -0.39 is 30.4 Å². The molecule has 1 aromatic rings. The number of amides is 1. The molecule has 2 fully saturated rings. The molecule has 2 heterocycles. The molecule has 1 N–H and O–H groups in total. The molecule has 1 aromatic carbocycles. The number of rotatable bonds is 3. The van der Waals surface area contributed by atoms with E-state index in [-0.39, 0.29) is 19.8 Å². The molecule has 0 bridgehead atoms. The molecule has 116 valence electrons.